The van der Waals surface area contributed by atoms with Gasteiger partial charge in [0.25, 0.3) is 0 Å². The molecular weight excluding hydrogens is 364 g/mol. The molecule has 2 fully saturated rings. The summed E-state index contributed by atoms with van der Waals surface area (Å²) in [7, 11) is 0. The number of nitrogens with zero attached hydrogens (tertiary/aromatic N) is 2. The highest BCUT2D eigenvalue weighted by molar-refractivity contribution is 5.99. The SMILES string of the molecule is Cc1cc(C(=O)CN2CCC(C3OCCO3)CC2)c(C)n1CCc1ccccc1. The Morgan fingerprint density at radius 3 is 2.45 bits per heavy atom. The van der Waals surface area contributed by atoms with Crippen LogP contribution in [0.2, 0.25) is 0 Å². The second-order valence-electron chi connectivity index (χ2n) is 8.32. The van der Waals surface area contributed by atoms with E-state index in [0.29, 0.717) is 25.7 Å². The lowest BCUT2D eigenvalue weighted by Gasteiger charge is -2.33. The predicted octanol–water partition coefficient (Wildman–Crippen LogP) is 3.62. The van der Waals surface area contributed by atoms with Gasteiger partial charge in [-0.2, -0.15) is 0 Å². The van der Waals surface area contributed by atoms with E-state index in [-0.39, 0.29) is 12.1 Å². The van der Waals surface area contributed by atoms with Gasteiger partial charge in [-0.25, -0.2) is 0 Å². The molecule has 4 rings (SSSR count). The van der Waals surface area contributed by atoms with Crippen molar-refractivity contribution >= 4 is 5.78 Å². The Bertz CT molecular complexity index is 816. The van der Waals surface area contributed by atoms with Crippen molar-refractivity contribution in [2.45, 2.75) is 45.9 Å². The number of hydrogen-bond acceptors (Lipinski definition) is 4. The number of benzene rings is 1. The van der Waals surface area contributed by atoms with Gasteiger partial charge >= 0.3 is 0 Å². The van der Waals surface area contributed by atoms with Crippen LogP contribution in [0.15, 0.2) is 36.4 Å². The number of piperidine rings is 1. The van der Waals surface area contributed by atoms with E-state index in [9.17, 15) is 4.79 Å². The van der Waals surface area contributed by atoms with E-state index in [4.69, 9.17) is 9.47 Å². The number of ketones is 1. The Balaban J connectivity index is 1.33. The van der Waals surface area contributed by atoms with Crippen LogP contribution in [0.25, 0.3) is 0 Å². The highest BCUT2D eigenvalue weighted by Crippen LogP contribution is 2.26. The third-order valence-corrected chi connectivity index (χ3v) is 6.37. The predicted molar refractivity (Wildman–Crippen MR) is 113 cm³/mol. The van der Waals surface area contributed by atoms with Gasteiger partial charge in [0.1, 0.15) is 0 Å². The minimum absolute atomic E-state index is 0.0311. The van der Waals surface area contributed by atoms with Gasteiger partial charge in [0, 0.05) is 29.4 Å². The van der Waals surface area contributed by atoms with Crippen LogP contribution in [0.4, 0.5) is 0 Å². The van der Waals surface area contributed by atoms with E-state index >= 15 is 0 Å². The summed E-state index contributed by atoms with van der Waals surface area (Å²) >= 11 is 0. The zero-order valence-corrected chi connectivity index (χ0v) is 17.6. The first-order valence-corrected chi connectivity index (χ1v) is 10.8. The molecule has 0 radical (unpaired) electrons. The second kappa shape index (κ2) is 9.24. The van der Waals surface area contributed by atoms with E-state index in [1.807, 2.05) is 6.07 Å². The lowest BCUT2D eigenvalue weighted by Crippen LogP contribution is -2.40. The standard InChI is InChI=1S/C24H32N2O3/c1-18-16-22(19(2)26(18)13-8-20-6-4-3-5-7-20)23(27)17-25-11-9-21(10-12-25)24-28-14-15-29-24/h3-7,16,21,24H,8-15,17H2,1-2H3. The minimum atomic E-state index is -0.0311. The van der Waals surface area contributed by atoms with Crippen LogP contribution >= 0.6 is 0 Å². The molecule has 5 nitrogen and oxygen atoms in total. The maximum absolute atomic E-state index is 13.0. The molecule has 2 aromatic rings. The average molecular weight is 397 g/mol. The molecule has 0 N–H and O–H groups in total. The maximum atomic E-state index is 13.0. The summed E-state index contributed by atoms with van der Waals surface area (Å²) in [4.78, 5) is 15.3. The van der Waals surface area contributed by atoms with Crippen molar-refractivity contribution in [3.8, 4) is 0 Å². The smallest absolute Gasteiger partial charge is 0.178 e. The van der Waals surface area contributed by atoms with E-state index in [1.165, 1.54) is 5.56 Å². The molecule has 156 valence electrons. The van der Waals surface area contributed by atoms with Gasteiger partial charge in [-0.1, -0.05) is 30.3 Å². The highest BCUT2D eigenvalue weighted by Gasteiger charge is 2.31. The number of likely N-dealkylation sites (tertiary alicyclic amines) is 1. The number of carbonyl (C=O) groups excluding carboxylic acids is 1. The second-order valence-corrected chi connectivity index (χ2v) is 8.32. The Labute approximate surface area is 173 Å². The Hall–Kier alpha value is -1.95. The van der Waals surface area contributed by atoms with Crippen LogP contribution < -0.4 is 0 Å². The van der Waals surface area contributed by atoms with Gasteiger partial charge in [-0.05, 0) is 57.8 Å². The fraction of sp³-hybridized carbons (Fsp3) is 0.542. The van der Waals surface area contributed by atoms with Gasteiger partial charge in [0.15, 0.2) is 12.1 Å². The molecule has 1 aromatic carbocycles. The number of ether oxygens (including phenoxy) is 2. The topological polar surface area (TPSA) is 43.7 Å². The normalized spacial score (nSPS) is 19.1. The molecule has 2 saturated heterocycles. The zero-order chi connectivity index (χ0) is 20.2. The first-order chi connectivity index (χ1) is 14.1. The molecule has 2 aliphatic heterocycles. The molecule has 1 aromatic heterocycles. The summed E-state index contributed by atoms with van der Waals surface area (Å²) < 4.78 is 13.6. The third kappa shape index (κ3) is 4.80. The fourth-order valence-electron chi connectivity index (χ4n) is 4.63. The minimum Gasteiger partial charge on any atom is -0.350 e. The first-order valence-electron chi connectivity index (χ1n) is 10.8. The highest BCUT2D eigenvalue weighted by atomic mass is 16.7. The zero-order valence-electron chi connectivity index (χ0n) is 17.6. The molecule has 3 heterocycles. The van der Waals surface area contributed by atoms with Gasteiger partial charge in [0.2, 0.25) is 0 Å². The van der Waals surface area contributed by atoms with Crippen molar-refractivity contribution in [2.75, 3.05) is 32.8 Å². The lowest BCUT2D eigenvalue weighted by molar-refractivity contribution is -0.0968. The van der Waals surface area contributed by atoms with Crippen LogP contribution in [0.3, 0.4) is 0 Å². The molecule has 5 heteroatoms. The fourth-order valence-corrected chi connectivity index (χ4v) is 4.63. The third-order valence-electron chi connectivity index (χ3n) is 6.37. The summed E-state index contributed by atoms with van der Waals surface area (Å²) in [6.45, 7) is 8.88. The molecule has 0 unspecified atom stereocenters. The van der Waals surface area contributed by atoms with Crippen LogP contribution in [0.1, 0.15) is 40.2 Å². The number of aryl methyl sites for hydroxylation is 2. The first kappa shape index (κ1) is 20.3. The molecule has 0 bridgehead atoms. The number of Topliss-reactive ketones (excluding diaryl/α,β-unsaturated/α-hetero) is 1. The van der Waals surface area contributed by atoms with Crippen LogP contribution in [-0.2, 0) is 22.4 Å². The lowest BCUT2D eigenvalue weighted by atomic mass is 9.96. The van der Waals surface area contributed by atoms with Gasteiger partial charge < -0.3 is 14.0 Å². The monoisotopic (exact) mass is 396 g/mol. The average Bonchev–Trinajstić information content (AvgIpc) is 3.37. The molecule has 0 atom stereocenters. The van der Waals surface area contributed by atoms with Crippen molar-refractivity contribution in [1.29, 1.82) is 0 Å². The molecular formula is C24H32N2O3. The van der Waals surface area contributed by atoms with Gasteiger partial charge in [-0.3, -0.25) is 9.69 Å². The van der Waals surface area contributed by atoms with Crippen LogP contribution in [0, 0.1) is 19.8 Å². The summed E-state index contributed by atoms with van der Waals surface area (Å²) in [5.41, 5.74) is 4.45. The summed E-state index contributed by atoms with van der Waals surface area (Å²) in [6.07, 6.45) is 3.02. The van der Waals surface area contributed by atoms with Crippen molar-refractivity contribution in [2.24, 2.45) is 5.92 Å². The van der Waals surface area contributed by atoms with E-state index in [2.05, 4.69) is 53.6 Å². The largest absolute Gasteiger partial charge is 0.350 e. The van der Waals surface area contributed by atoms with Crippen molar-refractivity contribution in [3.63, 3.8) is 0 Å². The number of hydrogen-bond donors (Lipinski definition) is 0. The number of aromatic nitrogens is 1. The Kier molecular flexibility index (Phi) is 6.48. The molecule has 29 heavy (non-hydrogen) atoms. The molecule has 0 saturated carbocycles. The van der Waals surface area contributed by atoms with E-state index in [0.717, 1.165) is 55.8 Å². The van der Waals surface area contributed by atoms with Crippen LogP contribution in [0.5, 0.6) is 0 Å². The van der Waals surface area contributed by atoms with E-state index < -0.39 is 0 Å². The van der Waals surface area contributed by atoms with Crippen molar-refractivity contribution in [1.82, 2.24) is 9.47 Å². The summed E-state index contributed by atoms with van der Waals surface area (Å²) in [5.74, 6) is 0.697. The van der Waals surface area contributed by atoms with Crippen LogP contribution in [-0.4, -0.2) is 54.4 Å². The quantitative estimate of drug-likeness (QED) is 0.671. The number of rotatable bonds is 7. The molecule has 2 aliphatic rings. The van der Waals surface area contributed by atoms with E-state index in [1.54, 1.807) is 0 Å². The summed E-state index contributed by atoms with van der Waals surface area (Å²) in [6, 6.07) is 12.6. The van der Waals surface area contributed by atoms with Crippen molar-refractivity contribution < 1.29 is 14.3 Å². The number of carbonyl (C=O) groups is 1. The molecule has 0 spiro atoms. The Morgan fingerprint density at radius 2 is 1.76 bits per heavy atom. The van der Waals surface area contributed by atoms with Gasteiger partial charge in [0.05, 0.1) is 19.8 Å². The van der Waals surface area contributed by atoms with Gasteiger partial charge in [-0.15, -0.1) is 0 Å². The maximum Gasteiger partial charge on any atom is 0.178 e. The molecule has 0 aliphatic carbocycles. The summed E-state index contributed by atoms with van der Waals surface area (Å²) in [5, 5.41) is 0. The van der Waals surface area contributed by atoms with Crippen molar-refractivity contribution in [3.05, 3.63) is 58.9 Å². The molecule has 0 amide bonds. The Morgan fingerprint density at radius 1 is 1.07 bits per heavy atom.